The van der Waals surface area contributed by atoms with Gasteiger partial charge in [0, 0.05) is 4.47 Å². The van der Waals surface area contributed by atoms with E-state index in [-0.39, 0.29) is 4.21 Å². The van der Waals surface area contributed by atoms with Gasteiger partial charge in [-0.3, -0.25) is 4.72 Å². The Morgan fingerprint density at radius 1 is 1.17 bits per heavy atom. The van der Waals surface area contributed by atoms with Crippen LogP contribution in [0, 0.1) is 6.92 Å². The van der Waals surface area contributed by atoms with E-state index in [0.717, 1.165) is 13.8 Å². The second kappa shape index (κ2) is 5.32. The molecule has 0 radical (unpaired) electrons. The van der Waals surface area contributed by atoms with Gasteiger partial charge in [0.25, 0.3) is 10.0 Å². The molecule has 0 bridgehead atoms. The van der Waals surface area contributed by atoms with Gasteiger partial charge < -0.3 is 0 Å². The first-order valence-electron chi connectivity index (χ1n) is 4.93. The largest absolute Gasteiger partial charge is 0.278 e. The number of hydrogen-bond acceptors (Lipinski definition) is 3. The molecule has 0 atom stereocenters. The molecule has 2 aromatic rings. The van der Waals surface area contributed by atoms with Gasteiger partial charge in [-0.05, 0) is 62.5 Å². The van der Waals surface area contributed by atoms with Crippen LogP contribution in [0.2, 0.25) is 0 Å². The Balaban J connectivity index is 2.37. The molecule has 0 aliphatic heterocycles. The standard InChI is InChI=1S/C11H9Br2NO2S2/c1-7-3-2-4-8(11(7)13)14-18(15,16)10-6-5-9(12)17-10/h2-6,14H,1H3. The summed E-state index contributed by atoms with van der Waals surface area (Å²) in [5.41, 5.74) is 1.52. The van der Waals surface area contributed by atoms with Crippen LogP contribution in [0.1, 0.15) is 5.56 Å². The molecule has 0 aliphatic carbocycles. The fourth-order valence-electron chi connectivity index (χ4n) is 1.36. The summed E-state index contributed by atoms with van der Waals surface area (Å²) in [6.07, 6.45) is 0. The second-order valence-electron chi connectivity index (χ2n) is 3.60. The van der Waals surface area contributed by atoms with Crippen molar-refractivity contribution < 1.29 is 8.42 Å². The zero-order chi connectivity index (χ0) is 13.3. The van der Waals surface area contributed by atoms with Crippen LogP contribution in [0.4, 0.5) is 5.69 Å². The molecule has 1 aromatic carbocycles. The van der Waals surface area contributed by atoms with Crippen molar-refractivity contribution in [1.29, 1.82) is 0 Å². The van der Waals surface area contributed by atoms with Gasteiger partial charge in [-0.1, -0.05) is 12.1 Å². The minimum absolute atomic E-state index is 0.280. The monoisotopic (exact) mass is 409 g/mol. The number of sulfonamides is 1. The molecule has 96 valence electrons. The lowest BCUT2D eigenvalue weighted by atomic mass is 10.2. The Bertz CT molecular complexity index is 680. The quantitative estimate of drug-likeness (QED) is 0.815. The molecule has 1 aromatic heterocycles. The van der Waals surface area contributed by atoms with Crippen LogP contribution in [0.15, 0.2) is 42.8 Å². The van der Waals surface area contributed by atoms with E-state index in [1.54, 1.807) is 18.2 Å². The summed E-state index contributed by atoms with van der Waals surface area (Å²) >= 11 is 7.81. The lowest BCUT2D eigenvalue weighted by Crippen LogP contribution is -2.12. The highest BCUT2D eigenvalue weighted by molar-refractivity contribution is 9.11. The predicted octanol–water partition coefficient (Wildman–Crippen LogP) is 4.38. The Kier molecular flexibility index (Phi) is 4.15. The third-order valence-corrected chi connectivity index (χ3v) is 6.78. The molecular formula is C11H9Br2NO2S2. The second-order valence-corrected chi connectivity index (χ2v) is 8.77. The van der Waals surface area contributed by atoms with Crippen molar-refractivity contribution in [1.82, 2.24) is 0 Å². The third-order valence-electron chi connectivity index (χ3n) is 2.25. The van der Waals surface area contributed by atoms with Crippen molar-refractivity contribution in [2.75, 3.05) is 4.72 Å². The summed E-state index contributed by atoms with van der Waals surface area (Å²) < 4.78 is 28.7. The molecule has 0 fully saturated rings. The molecule has 7 heteroatoms. The molecule has 0 saturated heterocycles. The summed E-state index contributed by atoms with van der Waals surface area (Å²) in [5.74, 6) is 0. The van der Waals surface area contributed by atoms with Gasteiger partial charge in [0.2, 0.25) is 0 Å². The topological polar surface area (TPSA) is 46.2 Å². The van der Waals surface area contributed by atoms with E-state index < -0.39 is 10.0 Å². The summed E-state index contributed by atoms with van der Waals surface area (Å²) in [5, 5.41) is 0. The number of rotatable bonds is 3. The predicted molar refractivity (Wildman–Crippen MR) is 81.7 cm³/mol. The van der Waals surface area contributed by atoms with Crippen LogP contribution in [-0.2, 0) is 10.0 Å². The maximum absolute atomic E-state index is 12.1. The van der Waals surface area contributed by atoms with Gasteiger partial charge in [0.05, 0.1) is 9.47 Å². The number of halogens is 2. The summed E-state index contributed by atoms with van der Waals surface area (Å²) in [7, 11) is -3.52. The molecule has 1 heterocycles. The smallest absolute Gasteiger partial charge is 0.271 e. The SMILES string of the molecule is Cc1cccc(NS(=O)(=O)c2ccc(Br)s2)c1Br. The molecule has 0 amide bonds. The Morgan fingerprint density at radius 3 is 2.50 bits per heavy atom. The lowest BCUT2D eigenvalue weighted by molar-refractivity contribution is 0.603. The van der Waals surface area contributed by atoms with Crippen LogP contribution >= 0.6 is 43.2 Å². The molecule has 3 nitrogen and oxygen atoms in total. The Labute approximate surface area is 127 Å². The first-order valence-corrected chi connectivity index (χ1v) is 8.82. The van der Waals surface area contributed by atoms with Gasteiger partial charge in [-0.2, -0.15) is 0 Å². The average Bonchev–Trinajstić information content (AvgIpc) is 2.72. The Hall–Kier alpha value is -0.370. The molecular weight excluding hydrogens is 402 g/mol. The fourth-order valence-corrected chi connectivity index (χ4v) is 4.94. The molecule has 0 unspecified atom stereocenters. The van der Waals surface area contributed by atoms with Crippen molar-refractivity contribution in [3.8, 4) is 0 Å². The Morgan fingerprint density at radius 2 is 1.89 bits per heavy atom. The highest BCUT2D eigenvalue weighted by Crippen LogP contribution is 2.31. The van der Waals surface area contributed by atoms with E-state index in [4.69, 9.17) is 0 Å². The average molecular weight is 411 g/mol. The molecule has 0 aliphatic rings. The minimum atomic E-state index is -3.52. The van der Waals surface area contributed by atoms with Crippen molar-refractivity contribution >= 4 is 58.9 Å². The van der Waals surface area contributed by atoms with E-state index in [0.29, 0.717) is 5.69 Å². The van der Waals surface area contributed by atoms with Gasteiger partial charge in [-0.25, -0.2) is 8.42 Å². The third kappa shape index (κ3) is 2.96. The maximum atomic E-state index is 12.1. The summed E-state index contributed by atoms with van der Waals surface area (Å²) in [4.78, 5) is 0. The number of aryl methyl sites for hydroxylation is 1. The summed E-state index contributed by atoms with van der Waals surface area (Å²) in [6.45, 7) is 1.91. The van der Waals surface area contributed by atoms with Crippen LogP contribution in [0.5, 0.6) is 0 Å². The van der Waals surface area contributed by atoms with E-state index in [2.05, 4.69) is 36.6 Å². The van der Waals surface area contributed by atoms with Crippen molar-refractivity contribution in [3.63, 3.8) is 0 Å². The number of anilines is 1. The number of hydrogen-bond donors (Lipinski definition) is 1. The van der Waals surface area contributed by atoms with Crippen LogP contribution in [0.25, 0.3) is 0 Å². The van der Waals surface area contributed by atoms with E-state index in [9.17, 15) is 8.42 Å². The highest BCUT2D eigenvalue weighted by Gasteiger charge is 2.18. The first kappa shape index (κ1) is 14.0. The van der Waals surface area contributed by atoms with Crippen molar-refractivity contribution in [3.05, 3.63) is 44.2 Å². The van der Waals surface area contributed by atoms with E-state index in [1.807, 2.05) is 19.1 Å². The van der Waals surface area contributed by atoms with Gasteiger partial charge >= 0.3 is 0 Å². The van der Waals surface area contributed by atoms with Crippen LogP contribution in [-0.4, -0.2) is 8.42 Å². The number of benzene rings is 1. The zero-order valence-corrected chi connectivity index (χ0v) is 14.1. The lowest BCUT2D eigenvalue weighted by Gasteiger charge is -2.09. The minimum Gasteiger partial charge on any atom is -0.278 e. The van der Waals surface area contributed by atoms with Gasteiger partial charge in [0.1, 0.15) is 4.21 Å². The normalized spacial score (nSPS) is 11.5. The van der Waals surface area contributed by atoms with Crippen LogP contribution in [0.3, 0.4) is 0 Å². The molecule has 0 saturated carbocycles. The molecule has 1 N–H and O–H groups in total. The van der Waals surface area contributed by atoms with Gasteiger partial charge in [-0.15, -0.1) is 11.3 Å². The first-order chi connectivity index (χ1) is 8.40. The summed E-state index contributed by atoms with van der Waals surface area (Å²) in [6, 6.07) is 8.72. The molecule has 18 heavy (non-hydrogen) atoms. The molecule has 2 rings (SSSR count). The molecule has 0 spiro atoms. The van der Waals surface area contributed by atoms with Crippen molar-refractivity contribution in [2.45, 2.75) is 11.1 Å². The fraction of sp³-hybridized carbons (Fsp3) is 0.0909. The number of thiophene rings is 1. The number of nitrogens with one attached hydrogen (secondary N) is 1. The maximum Gasteiger partial charge on any atom is 0.271 e. The van der Waals surface area contributed by atoms with E-state index in [1.165, 1.54) is 11.3 Å². The van der Waals surface area contributed by atoms with Gasteiger partial charge in [0.15, 0.2) is 0 Å². The van der Waals surface area contributed by atoms with Crippen LogP contribution < -0.4 is 4.72 Å². The van der Waals surface area contributed by atoms with E-state index >= 15 is 0 Å². The highest BCUT2D eigenvalue weighted by atomic mass is 79.9. The van der Waals surface area contributed by atoms with Crippen molar-refractivity contribution in [2.24, 2.45) is 0 Å². The zero-order valence-electron chi connectivity index (χ0n) is 9.28.